The van der Waals surface area contributed by atoms with Crippen LogP contribution in [0.4, 0.5) is 23.0 Å². The summed E-state index contributed by atoms with van der Waals surface area (Å²) in [7, 11) is 7.68. The first-order valence-electron chi connectivity index (χ1n) is 11.7. The van der Waals surface area contributed by atoms with Gasteiger partial charge in [-0.25, -0.2) is 9.97 Å². The molecule has 0 saturated heterocycles. The Morgan fingerprint density at radius 2 is 1.86 bits per heavy atom. The zero-order valence-corrected chi connectivity index (χ0v) is 20.8. The lowest BCUT2D eigenvalue weighted by atomic mass is 10.1. The molecule has 0 aliphatic carbocycles. The molecule has 0 spiro atoms. The predicted molar refractivity (Wildman–Crippen MR) is 145 cm³/mol. The third-order valence-electron chi connectivity index (χ3n) is 6.17. The number of aromatic nitrogens is 3. The van der Waals surface area contributed by atoms with Crippen LogP contribution in [0.15, 0.2) is 60.9 Å². The Bertz CT molecular complexity index is 1460. The Morgan fingerprint density at radius 1 is 1.03 bits per heavy atom. The summed E-state index contributed by atoms with van der Waals surface area (Å²) in [6, 6.07) is 13.7. The number of amides is 1. The second-order valence-electron chi connectivity index (χ2n) is 8.96. The maximum absolute atomic E-state index is 13.1. The lowest BCUT2D eigenvalue weighted by Crippen LogP contribution is -2.29. The molecule has 9 heteroatoms. The van der Waals surface area contributed by atoms with Crippen molar-refractivity contribution < 1.29 is 9.53 Å². The van der Waals surface area contributed by atoms with Gasteiger partial charge in [0.2, 0.25) is 11.9 Å². The molecule has 1 aliphatic rings. The van der Waals surface area contributed by atoms with E-state index in [0.29, 0.717) is 23.1 Å². The van der Waals surface area contributed by atoms with Crippen LogP contribution in [0.1, 0.15) is 0 Å². The molecule has 0 atom stereocenters. The highest BCUT2D eigenvalue weighted by Crippen LogP contribution is 2.38. The summed E-state index contributed by atoms with van der Waals surface area (Å²) in [6.45, 7) is 1.63. The van der Waals surface area contributed by atoms with E-state index in [1.807, 2.05) is 74.4 Å². The molecule has 3 heterocycles. The third-order valence-corrected chi connectivity index (χ3v) is 6.17. The minimum atomic E-state index is -0.237. The normalized spacial score (nSPS) is 12.8. The van der Waals surface area contributed by atoms with Crippen LogP contribution in [0, 0.1) is 0 Å². The summed E-state index contributed by atoms with van der Waals surface area (Å²) in [5.41, 5.74) is 4.85. The number of hydrogen-bond donors (Lipinski definition) is 2. The molecule has 184 valence electrons. The Labute approximate surface area is 210 Å². The van der Waals surface area contributed by atoms with Crippen LogP contribution in [0.5, 0.6) is 5.75 Å². The molecule has 0 unspecified atom stereocenters. The number of nitrogens with zero attached hydrogens (tertiary/aromatic N) is 5. The number of benzene rings is 2. The second-order valence-corrected chi connectivity index (χ2v) is 8.96. The number of nitrogens with one attached hydrogen (secondary N) is 2. The summed E-state index contributed by atoms with van der Waals surface area (Å²) < 4.78 is 7.64. The molecule has 6 bridgehead atoms. The van der Waals surface area contributed by atoms with Crippen molar-refractivity contribution in [1.82, 2.24) is 19.4 Å². The van der Waals surface area contributed by atoms with Crippen molar-refractivity contribution in [2.24, 2.45) is 0 Å². The van der Waals surface area contributed by atoms with Crippen LogP contribution in [0.25, 0.3) is 28.4 Å². The number of fused-ring (bicyclic) bond motifs is 10. The van der Waals surface area contributed by atoms with E-state index in [-0.39, 0.29) is 5.91 Å². The van der Waals surface area contributed by atoms with E-state index in [0.717, 1.165) is 40.9 Å². The Balaban J connectivity index is 1.66. The van der Waals surface area contributed by atoms with Gasteiger partial charge < -0.3 is 29.7 Å². The topological polar surface area (TPSA) is 87.6 Å². The molecule has 0 saturated carbocycles. The fraction of sp³-hybridized carbons (Fsp3) is 0.222. The van der Waals surface area contributed by atoms with Gasteiger partial charge in [-0.05, 0) is 32.3 Å². The van der Waals surface area contributed by atoms with Gasteiger partial charge in [0, 0.05) is 61.8 Å². The minimum Gasteiger partial charge on any atom is -0.494 e. The van der Waals surface area contributed by atoms with Crippen molar-refractivity contribution in [3.05, 3.63) is 60.9 Å². The van der Waals surface area contributed by atoms with Crippen molar-refractivity contribution in [1.29, 1.82) is 0 Å². The van der Waals surface area contributed by atoms with Crippen LogP contribution in [0.2, 0.25) is 0 Å². The van der Waals surface area contributed by atoms with E-state index in [9.17, 15) is 4.79 Å². The van der Waals surface area contributed by atoms with Crippen molar-refractivity contribution in [3.8, 4) is 17.0 Å². The van der Waals surface area contributed by atoms with Crippen molar-refractivity contribution >= 4 is 46.0 Å². The van der Waals surface area contributed by atoms with Gasteiger partial charge in [0.05, 0.1) is 35.4 Å². The van der Waals surface area contributed by atoms with E-state index in [4.69, 9.17) is 9.72 Å². The lowest BCUT2D eigenvalue weighted by molar-refractivity contribution is -0.111. The smallest absolute Gasteiger partial charge is 0.249 e. The lowest BCUT2D eigenvalue weighted by Gasteiger charge is -2.26. The quantitative estimate of drug-likeness (QED) is 0.438. The highest BCUT2D eigenvalue weighted by Gasteiger charge is 2.18. The van der Waals surface area contributed by atoms with Crippen LogP contribution < -0.4 is 20.3 Å². The average Bonchev–Trinajstić information content (AvgIpc) is 3.24. The van der Waals surface area contributed by atoms with E-state index in [1.165, 1.54) is 6.08 Å². The first-order chi connectivity index (χ1) is 17.4. The van der Waals surface area contributed by atoms with Crippen molar-refractivity contribution in [2.45, 2.75) is 0 Å². The molecule has 2 N–H and O–H groups in total. The Morgan fingerprint density at radius 3 is 2.67 bits per heavy atom. The molecular weight excluding hydrogens is 454 g/mol. The van der Waals surface area contributed by atoms with Gasteiger partial charge in [0.15, 0.2) is 0 Å². The van der Waals surface area contributed by atoms with E-state index < -0.39 is 0 Å². The minimum absolute atomic E-state index is 0.237. The standard InChI is InChI=1S/C27H29N7O2/c1-32(2)13-14-33(3)24-16-25(36-4)22-15-21(24)29-26(35)10-12-34-17-19(18-7-5-6-8-23(18)34)20-9-11-28-27(30-20)31-22/h5-12,15-17H,13-14H2,1-4H3,(H,29,35)(H,28,30,31). The van der Waals surface area contributed by atoms with Gasteiger partial charge in [-0.3, -0.25) is 4.79 Å². The number of rotatable bonds is 5. The summed E-state index contributed by atoms with van der Waals surface area (Å²) >= 11 is 0. The van der Waals surface area contributed by atoms with Gasteiger partial charge in [0.1, 0.15) is 5.75 Å². The molecule has 5 rings (SSSR count). The summed E-state index contributed by atoms with van der Waals surface area (Å²) in [4.78, 5) is 26.5. The summed E-state index contributed by atoms with van der Waals surface area (Å²) in [5, 5.41) is 7.37. The van der Waals surface area contributed by atoms with Gasteiger partial charge in [-0.2, -0.15) is 0 Å². The number of likely N-dealkylation sites (N-methyl/N-ethyl adjacent to an activating group) is 2. The van der Waals surface area contributed by atoms with Crippen LogP contribution in [0.3, 0.4) is 0 Å². The number of para-hydroxylation sites is 1. The highest BCUT2D eigenvalue weighted by molar-refractivity contribution is 6.05. The van der Waals surface area contributed by atoms with Crippen molar-refractivity contribution in [2.75, 3.05) is 56.9 Å². The number of methoxy groups -OCH3 is 1. The van der Waals surface area contributed by atoms with Gasteiger partial charge >= 0.3 is 0 Å². The van der Waals surface area contributed by atoms with Crippen LogP contribution in [-0.2, 0) is 4.79 Å². The van der Waals surface area contributed by atoms with E-state index in [1.54, 1.807) is 19.5 Å². The molecule has 9 nitrogen and oxygen atoms in total. The van der Waals surface area contributed by atoms with E-state index >= 15 is 0 Å². The second kappa shape index (κ2) is 9.71. The number of hydrogen-bond acceptors (Lipinski definition) is 7. The molecule has 2 aromatic carbocycles. The van der Waals surface area contributed by atoms with Gasteiger partial charge in [-0.15, -0.1) is 0 Å². The Hall–Kier alpha value is -4.37. The average molecular weight is 484 g/mol. The molecule has 0 fully saturated rings. The van der Waals surface area contributed by atoms with Gasteiger partial charge in [0.25, 0.3) is 0 Å². The zero-order valence-electron chi connectivity index (χ0n) is 20.8. The molecule has 36 heavy (non-hydrogen) atoms. The maximum Gasteiger partial charge on any atom is 0.249 e. The highest BCUT2D eigenvalue weighted by atomic mass is 16.5. The fourth-order valence-corrected chi connectivity index (χ4v) is 4.27. The number of ether oxygens (including phenoxy) is 1. The number of carbonyl (C=O) groups is 1. The first-order valence-corrected chi connectivity index (χ1v) is 11.7. The molecule has 0 radical (unpaired) electrons. The molecule has 1 aliphatic heterocycles. The summed E-state index contributed by atoms with van der Waals surface area (Å²) in [6.07, 6.45) is 7.02. The van der Waals surface area contributed by atoms with Crippen LogP contribution >= 0.6 is 0 Å². The molecule has 2 aromatic heterocycles. The Kier molecular flexibility index (Phi) is 6.30. The fourth-order valence-electron chi connectivity index (χ4n) is 4.27. The van der Waals surface area contributed by atoms with Crippen LogP contribution in [-0.4, -0.2) is 66.7 Å². The first kappa shape index (κ1) is 23.4. The third kappa shape index (κ3) is 4.60. The molecular formula is C27H29N7O2. The molecule has 1 amide bonds. The van der Waals surface area contributed by atoms with E-state index in [2.05, 4.69) is 25.4 Å². The monoisotopic (exact) mass is 483 g/mol. The van der Waals surface area contributed by atoms with Gasteiger partial charge in [-0.1, -0.05) is 18.2 Å². The predicted octanol–water partition coefficient (Wildman–Crippen LogP) is 4.27. The van der Waals surface area contributed by atoms with Crippen molar-refractivity contribution in [3.63, 3.8) is 0 Å². The molecule has 4 aromatic rings. The number of anilines is 4. The SMILES string of the molecule is COc1cc(N(C)CCN(C)C)c2cc1Nc1nccc(n1)-c1cn(c3ccccc13)C=CC(=O)N2. The zero-order chi connectivity index (χ0) is 25.2. The number of carbonyl (C=O) groups excluding carboxylic acids is 1. The largest absolute Gasteiger partial charge is 0.494 e. The summed E-state index contributed by atoms with van der Waals surface area (Å²) in [5.74, 6) is 0.814. The maximum atomic E-state index is 13.1.